The summed E-state index contributed by atoms with van der Waals surface area (Å²) in [4.78, 5) is 14.2. The van der Waals surface area contributed by atoms with Gasteiger partial charge in [-0.3, -0.25) is 10.1 Å². The van der Waals surface area contributed by atoms with E-state index < -0.39 is 4.92 Å². The van der Waals surface area contributed by atoms with E-state index in [1.54, 1.807) is 0 Å². The number of pyridine rings is 1. The van der Waals surface area contributed by atoms with Crippen molar-refractivity contribution in [3.8, 4) is 0 Å². The first-order valence-electron chi connectivity index (χ1n) is 6.59. The number of nitro groups is 1. The molecule has 0 amide bonds. The molecule has 104 valence electrons. The summed E-state index contributed by atoms with van der Waals surface area (Å²) < 4.78 is 0. The fourth-order valence-electron chi connectivity index (χ4n) is 2.84. The molecule has 1 N–H and O–H groups in total. The first-order valence-corrected chi connectivity index (χ1v) is 6.97. The first-order chi connectivity index (χ1) is 9.02. The molecule has 0 bridgehead atoms. The maximum absolute atomic E-state index is 10.6. The molecule has 1 saturated carbocycles. The van der Waals surface area contributed by atoms with E-state index in [2.05, 4.69) is 24.1 Å². The summed E-state index contributed by atoms with van der Waals surface area (Å²) in [6, 6.07) is 1.68. The van der Waals surface area contributed by atoms with Crippen molar-refractivity contribution in [1.29, 1.82) is 0 Å². The van der Waals surface area contributed by atoms with Crippen molar-refractivity contribution in [1.82, 2.24) is 4.98 Å². The Balaban J connectivity index is 2.10. The number of aromatic nitrogens is 1. The van der Waals surface area contributed by atoms with E-state index in [1.165, 1.54) is 25.1 Å². The normalized spacial score (nSPS) is 26.4. The van der Waals surface area contributed by atoms with E-state index in [1.807, 2.05) is 0 Å². The molecular formula is C13H18ClN3O2. The summed E-state index contributed by atoms with van der Waals surface area (Å²) in [5.41, 5.74) is -0.0820. The first kappa shape index (κ1) is 14.1. The van der Waals surface area contributed by atoms with Gasteiger partial charge in [0.25, 0.3) is 5.69 Å². The summed E-state index contributed by atoms with van der Waals surface area (Å²) in [6.07, 6.45) is 4.72. The van der Waals surface area contributed by atoms with Gasteiger partial charge in [0.1, 0.15) is 12.0 Å². The molecule has 1 fully saturated rings. The third-order valence-corrected chi connectivity index (χ3v) is 4.40. The van der Waals surface area contributed by atoms with Crippen molar-refractivity contribution in [2.24, 2.45) is 11.8 Å². The van der Waals surface area contributed by atoms with Gasteiger partial charge < -0.3 is 5.32 Å². The molecule has 6 heteroatoms. The Morgan fingerprint density at radius 3 is 2.84 bits per heavy atom. The molecule has 19 heavy (non-hydrogen) atoms. The highest BCUT2D eigenvalue weighted by atomic mass is 35.5. The van der Waals surface area contributed by atoms with Gasteiger partial charge in [-0.05, 0) is 24.7 Å². The molecule has 0 aromatic carbocycles. The van der Waals surface area contributed by atoms with E-state index >= 15 is 0 Å². The van der Waals surface area contributed by atoms with Crippen LogP contribution in [0, 0.1) is 22.0 Å². The van der Waals surface area contributed by atoms with Gasteiger partial charge in [-0.25, -0.2) is 4.98 Å². The van der Waals surface area contributed by atoms with Crippen molar-refractivity contribution >= 4 is 23.1 Å². The summed E-state index contributed by atoms with van der Waals surface area (Å²) in [7, 11) is 0. The molecule has 0 radical (unpaired) electrons. The average Bonchev–Trinajstić information content (AvgIpc) is 2.72. The number of halogens is 1. The monoisotopic (exact) mass is 283 g/mol. The van der Waals surface area contributed by atoms with Gasteiger partial charge in [0.2, 0.25) is 0 Å². The van der Waals surface area contributed by atoms with Gasteiger partial charge in [-0.15, -0.1) is 0 Å². The van der Waals surface area contributed by atoms with Crippen molar-refractivity contribution in [3.63, 3.8) is 0 Å². The highest BCUT2D eigenvalue weighted by molar-refractivity contribution is 6.33. The van der Waals surface area contributed by atoms with Crippen LogP contribution in [0.3, 0.4) is 0 Å². The van der Waals surface area contributed by atoms with Gasteiger partial charge in [-0.2, -0.15) is 0 Å². The van der Waals surface area contributed by atoms with E-state index in [0.717, 1.165) is 12.3 Å². The number of anilines is 1. The Labute approximate surface area is 117 Å². The van der Waals surface area contributed by atoms with Crippen LogP contribution in [0.2, 0.25) is 5.02 Å². The lowest BCUT2D eigenvalue weighted by Gasteiger charge is -2.21. The number of rotatable bonds is 4. The fourth-order valence-corrected chi connectivity index (χ4v) is 3.05. The zero-order chi connectivity index (χ0) is 14.0. The summed E-state index contributed by atoms with van der Waals surface area (Å²) >= 11 is 6.04. The van der Waals surface area contributed by atoms with Crippen LogP contribution >= 0.6 is 11.6 Å². The van der Waals surface area contributed by atoms with Crippen LogP contribution in [-0.4, -0.2) is 15.9 Å². The lowest BCUT2D eigenvalue weighted by Crippen LogP contribution is -2.25. The third kappa shape index (κ3) is 2.97. The molecule has 2 rings (SSSR count). The SMILES string of the molecule is CCC1CCC(Nc2ncc([N+](=O)[O-])cc2Cl)C1C. The standard InChI is InChI=1S/C13H18ClN3O2/c1-3-9-4-5-12(8(9)2)16-13-11(14)6-10(7-15-13)17(18)19/h6-9,12H,3-5H2,1-2H3,(H,15,16). The van der Waals surface area contributed by atoms with Crippen LogP contribution < -0.4 is 5.32 Å². The van der Waals surface area contributed by atoms with Crippen LogP contribution in [0.15, 0.2) is 12.3 Å². The van der Waals surface area contributed by atoms with Gasteiger partial charge in [0.05, 0.1) is 9.95 Å². The Morgan fingerprint density at radius 1 is 1.58 bits per heavy atom. The topological polar surface area (TPSA) is 68.1 Å². The molecule has 1 aromatic heterocycles. The Kier molecular flexibility index (Phi) is 4.24. The lowest BCUT2D eigenvalue weighted by molar-refractivity contribution is -0.385. The number of hydrogen-bond donors (Lipinski definition) is 1. The number of nitrogens with zero attached hydrogens (tertiary/aromatic N) is 2. The molecule has 1 aromatic rings. The zero-order valence-electron chi connectivity index (χ0n) is 11.1. The second kappa shape index (κ2) is 5.74. The van der Waals surface area contributed by atoms with Crippen molar-refractivity contribution in [2.75, 3.05) is 5.32 Å². The predicted molar refractivity (Wildman–Crippen MR) is 75.5 cm³/mol. The minimum atomic E-state index is -0.492. The lowest BCUT2D eigenvalue weighted by atomic mass is 9.93. The fraction of sp³-hybridized carbons (Fsp3) is 0.615. The second-order valence-electron chi connectivity index (χ2n) is 5.14. The molecular weight excluding hydrogens is 266 g/mol. The van der Waals surface area contributed by atoms with Crippen LogP contribution in [0.4, 0.5) is 11.5 Å². The van der Waals surface area contributed by atoms with Crippen LogP contribution in [0.5, 0.6) is 0 Å². The molecule has 5 nitrogen and oxygen atoms in total. The molecule has 1 aliphatic carbocycles. The van der Waals surface area contributed by atoms with Crippen LogP contribution in [-0.2, 0) is 0 Å². The van der Waals surface area contributed by atoms with Gasteiger partial charge in [0.15, 0.2) is 0 Å². The quantitative estimate of drug-likeness (QED) is 0.672. The number of nitrogens with one attached hydrogen (secondary N) is 1. The molecule has 1 aliphatic rings. The Morgan fingerprint density at radius 2 is 2.32 bits per heavy atom. The minimum absolute atomic E-state index is 0.0820. The zero-order valence-corrected chi connectivity index (χ0v) is 11.9. The highest BCUT2D eigenvalue weighted by Gasteiger charge is 2.32. The molecule has 0 saturated heterocycles. The van der Waals surface area contributed by atoms with Gasteiger partial charge in [-0.1, -0.05) is 31.9 Å². The summed E-state index contributed by atoms with van der Waals surface area (Å²) in [5, 5.41) is 14.3. The molecule has 0 aliphatic heterocycles. The van der Waals surface area contributed by atoms with Crippen molar-refractivity contribution in [2.45, 2.75) is 39.2 Å². The van der Waals surface area contributed by atoms with Crippen molar-refractivity contribution < 1.29 is 4.92 Å². The van der Waals surface area contributed by atoms with Gasteiger partial charge in [0, 0.05) is 12.1 Å². The Bertz CT molecular complexity index is 481. The molecule has 3 atom stereocenters. The summed E-state index contributed by atoms with van der Waals surface area (Å²) in [5.74, 6) is 1.84. The summed E-state index contributed by atoms with van der Waals surface area (Å²) in [6.45, 7) is 4.44. The minimum Gasteiger partial charge on any atom is -0.366 e. The predicted octanol–water partition coefficient (Wildman–Crippen LogP) is 3.88. The van der Waals surface area contributed by atoms with E-state index in [4.69, 9.17) is 11.6 Å². The molecule has 3 unspecified atom stereocenters. The maximum atomic E-state index is 10.6. The van der Waals surface area contributed by atoms with E-state index in [0.29, 0.717) is 22.8 Å². The molecule has 1 heterocycles. The molecule has 0 spiro atoms. The van der Waals surface area contributed by atoms with Crippen LogP contribution in [0.25, 0.3) is 0 Å². The number of hydrogen-bond acceptors (Lipinski definition) is 4. The van der Waals surface area contributed by atoms with Crippen LogP contribution in [0.1, 0.15) is 33.1 Å². The van der Waals surface area contributed by atoms with Gasteiger partial charge >= 0.3 is 0 Å². The average molecular weight is 284 g/mol. The highest BCUT2D eigenvalue weighted by Crippen LogP contribution is 2.36. The van der Waals surface area contributed by atoms with E-state index in [-0.39, 0.29) is 5.69 Å². The van der Waals surface area contributed by atoms with E-state index in [9.17, 15) is 10.1 Å². The third-order valence-electron chi connectivity index (χ3n) is 4.11. The maximum Gasteiger partial charge on any atom is 0.289 e. The van der Waals surface area contributed by atoms with Crippen molar-refractivity contribution in [3.05, 3.63) is 27.4 Å². The largest absolute Gasteiger partial charge is 0.366 e. The smallest absolute Gasteiger partial charge is 0.289 e. The Hall–Kier alpha value is -1.36. The second-order valence-corrected chi connectivity index (χ2v) is 5.54.